The van der Waals surface area contributed by atoms with Crippen LogP contribution in [0.2, 0.25) is 5.02 Å². The Kier molecular flexibility index (Phi) is 6.28. The number of rotatable bonds is 5. The molecule has 1 aliphatic rings. The first-order valence-electron chi connectivity index (χ1n) is 9.04. The topological polar surface area (TPSA) is 42.4 Å². The summed E-state index contributed by atoms with van der Waals surface area (Å²) in [5, 5.41) is 0.789. The number of hydrogen-bond donors (Lipinski definition) is 0. The number of carbonyl (C=O) groups is 1. The van der Waals surface area contributed by atoms with Crippen LogP contribution in [0.1, 0.15) is 41.3 Å². The third kappa shape index (κ3) is 4.63. The van der Waals surface area contributed by atoms with Crippen LogP contribution in [-0.4, -0.2) is 42.6 Å². The number of aryl methyl sites for hydroxylation is 1. The Bertz CT molecular complexity index is 778. The summed E-state index contributed by atoms with van der Waals surface area (Å²) < 4.78 is 4.99. The van der Waals surface area contributed by atoms with Crippen LogP contribution in [-0.2, 0) is 16.0 Å². The molecule has 0 aliphatic carbocycles. The highest BCUT2D eigenvalue weighted by Gasteiger charge is 2.25. The maximum absolute atomic E-state index is 12.2. The van der Waals surface area contributed by atoms with E-state index < -0.39 is 0 Å². The Balaban J connectivity index is 1.79. The summed E-state index contributed by atoms with van der Waals surface area (Å²) in [4.78, 5) is 18.8. The van der Waals surface area contributed by atoms with E-state index in [-0.39, 0.29) is 18.4 Å². The Hall–Kier alpha value is -1.91. The molecule has 1 fully saturated rings. The molecule has 5 heteroatoms. The van der Waals surface area contributed by atoms with Crippen molar-refractivity contribution in [3.8, 4) is 0 Å². The van der Waals surface area contributed by atoms with Crippen molar-refractivity contribution in [3.05, 3.63) is 63.9 Å². The molecule has 2 aromatic rings. The number of methoxy groups -OCH3 is 1. The SMILES string of the molecule is COCC(=O)N1CCC[C@H](c2cc(Cc3ccccc3Cl)cc(C)n2)C1. The molecule has 0 saturated carbocycles. The Morgan fingerprint density at radius 1 is 1.35 bits per heavy atom. The van der Waals surface area contributed by atoms with Crippen molar-refractivity contribution in [2.45, 2.75) is 32.1 Å². The summed E-state index contributed by atoms with van der Waals surface area (Å²) in [6, 6.07) is 12.2. The van der Waals surface area contributed by atoms with E-state index in [1.165, 1.54) is 5.56 Å². The molecule has 2 heterocycles. The maximum Gasteiger partial charge on any atom is 0.248 e. The van der Waals surface area contributed by atoms with Crippen molar-refractivity contribution >= 4 is 17.5 Å². The van der Waals surface area contributed by atoms with Crippen LogP contribution in [0.3, 0.4) is 0 Å². The number of carbonyl (C=O) groups excluding carboxylic acids is 1. The largest absolute Gasteiger partial charge is 0.375 e. The Labute approximate surface area is 160 Å². The van der Waals surface area contributed by atoms with E-state index in [0.717, 1.165) is 47.8 Å². The Morgan fingerprint density at radius 2 is 2.15 bits per heavy atom. The van der Waals surface area contributed by atoms with Gasteiger partial charge < -0.3 is 9.64 Å². The summed E-state index contributed by atoms with van der Waals surface area (Å²) >= 11 is 6.31. The zero-order valence-corrected chi connectivity index (χ0v) is 16.1. The molecule has 1 atom stereocenters. The van der Waals surface area contributed by atoms with Gasteiger partial charge in [-0.2, -0.15) is 0 Å². The molecule has 4 nitrogen and oxygen atoms in total. The van der Waals surface area contributed by atoms with Gasteiger partial charge in [0, 0.05) is 42.5 Å². The second-order valence-corrected chi connectivity index (χ2v) is 7.33. The van der Waals surface area contributed by atoms with Gasteiger partial charge in [-0.05, 0) is 55.5 Å². The lowest BCUT2D eigenvalue weighted by atomic mass is 9.92. The van der Waals surface area contributed by atoms with E-state index in [9.17, 15) is 4.79 Å². The zero-order valence-electron chi connectivity index (χ0n) is 15.4. The van der Waals surface area contributed by atoms with E-state index in [1.807, 2.05) is 30.0 Å². The van der Waals surface area contributed by atoms with Crippen molar-refractivity contribution < 1.29 is 9.53 Å². The molecule has 0 unspecified atom stereocenters. The second kappa shape index (κ2) is 8.65. The first kappa shape index (κ1) is 18.9. The molecule has 1 aromatic heterocycles. The zero-order chi connectivity index (χ0) is 18.5. The van der Waals surface area contributed by atoms with Crippen LogP contribution in [0.4, 0.5) is 0 Å². The van der Waals surface area contributed by atoms with Gasteiger partial charge in [0.25, 0.3) is 0 Å². The summed E-state index contributed by atoms with van der Waals surface area (Å²) in [6.45, 7) is 3.68. The van der Waals surface area contributed by atoms with Crippen LogP contribution in [0.15, 0.2) is 36.4 Å². The van der Waals surface area contributed by atoms with Gasteiger partial charge in [0.2, 0.25) is 5.91 Å². The lowest BCUT2D eigenvalue weighted by Gasteiger charge is -2.32. The quantitative estimate of drug-likeness (QED) is 0.797. The van der Waals surface area contributed by atoms with Gasteiger partial charge in [-0.3, -0.25) is 9.78 Å². The number of nitrogens with zero attached hydrogens (tertiary/aromatic N) is 2. The van der Waals surface area contributed by atoms with Crippen LogP contribution >= 0.6 is 11.6 Å². The van der Waals surface area contributed by atoms with Crippen LogP contribution in [0.5, 0.6) is 0 Å². The third-order valence-electron chi connectivity index (χ3n) is 4.85. The smallest absolute Gasteiger partial charge is 0.248 e. The van der Waals surface area contributed by atoms with Crippen molar-refractivity contribution in [1.29, 1.82) is 0 Å². The Morgan fingerprint density at radius 3 is 2.92 bits per heavy atom. The number of halogens is 1. The van der Waals surface area contributed by atoms with Crippen LogP contribution in [0, 0.1) is 6.92 Å². The number of piperidine rings is 1. The highest BCUT2D eigenvalue weighted by Crippen LogP contribution is 2.28. The molecule has 1 aliphatic heterocycles. The van der Waals surface area contributed by atoms with E-state index >= 15 is 0 Å². The van der Waals surface area contributed by atoms with Gasteiger partial charge >= 0.3 is 0 Å². The lowest BCUT2D eigenvalue weighted by Crippen LogP contribution is -2.41. The van der Waals surface area contributed by atoms with Gasteiger partial charge in [0.05, 0.1) is 0 Å². The molecule has 138 valence electrons. The van der Waals surface area contributed by atoms with Crippen molar-refractivity contribution in [2.75, 3.05) is 26.8 Å². The number of aromatic nitrogens is 1. The molecule has 1 aromatic carbocycles. The number of hydrogen-bond acceptors (Lipinski definition) is 3. The highest BCUT2D eigenvalue weighted by molar-refractivity contribution is 6.31. The molecule has 0 N–H and O–H groups in total. The van der Waals surface area contributed by atoms with E-state index in [1.54, 1.807) is 7.11 Å². The van der Waals surface area contributed by atoms with Gasteiger partial charge in [0.1, 0.15) is 6.61 Å². The fourth-order valence-electron chi connectivity index (χ4n) is 3.60. The van der Waals surface area contributed by atoms with Crippen molar-refractivity contribution in [3.63, 3.8) is 0 Å². The minimum Gasteiger partial charge on any atom is -0.375 e. The van der Waals surface area contributed by atoms with Crippen LogP contribution in [0.25, 0.3) is 0 Å². The average Bonchev–Trinajstić information content (AvgIpc) is 2.63. The molecule has 0 bridgehead atoms. The molecule has 0 radical (unpaired) electrons. The number of amides is 1. The maximum atomic E-state index is 12.2. The molecule has 26 heavy (non-hydrogen) atoms. The summed E-state index contributed by atoms with van der Waals surface area (Å²) in [6.07, 6.45) is 2.84. The van der Waals surface area contributed by atoms with Crippen molar-refractivity contribution in [2.24, 2.45) is 0 Å². The molecule has 0 spiro atoms. The predicted octanol–water partition coefficient (Wildman–Crippen LogP) is 3.99. The van der Waals surface area contributed by atoms with Crippen LogP contribution < -0.4 is 0 Å². The standard InChI is InChI=1S/C21H25ClN2O2/c1-15-10-16(11-17-6-3-4-8-19(17)22)12-20(23-15)18-7-5-9-24(13-18)21(25)14-26-2/h3-4,6,8,10,12,18H,5,7,9,11,13-14H2,1-2H3/t18-/m0/s1. The average molecular weight is 373 g/mol. The highest BCUT2D eigenvalue weighted by atomic mass is 35.5. The van der Waals surface area contributed by atoms with E-state index in [4.69, 9.17) is 21.3 Å². The molecular formula is C21H25ClN2O2. The first-order chi connectivity index (χ1) is 12.6. The van der Waals surface area contributed by atoms with Gasteiger partial charge in [0.15, 0.2) is 0 Å². The fraction of sp³-hybridized carbons (Fsp3) is 0.429. The lowest BCUT2D eigenvalue weighted by molar-refractivity contribution is -0.136. The minimum atomic E-state index is 0.0566. The molecule has 1 saturated heterocycles. The van der Waals surface area contributed by atoms with Crippen molar-refractivity contribution in [1.82, 2.24) is 9.88 Å². The fourth-order valence-corrected chi connectivity index (χ4v) is 3.80. The molecule has 1 amide bonds. The number of likely N-dealkylation sites (tertiary alicyclic amines) is 1. The summed E-state index contributed by atoms with van der Waals surface area (Å²) in [5.41, 5.74) is 4.40. The monoisotopic (exact) mass is 372 g/mol. The van der Waals surface area contributed by atoms with Gasteiger partial charge in [-0.25, -0.2) is 0 Å². The summed E-state index contributed by atoms with van der Waals surface area (Å²) in [5.74, 6) is 0.329. The molecule has 3 rings (SSSR count). The third-order valence-corrected chi connectivity index (χ3v) is 5.21. The number of ether oxygens (including phenoxy) is 1. The van der Waals surface area contributed by atoms with E-state index in [2.05, 4.69) is 18.2 Å². The normalized spacial score (nSPS) is 17.3. The van der Waals surface area contributed by atoms with Gasteiger partial charge in [-0.15, -0.1) is 0 Å². The number of pyridine rings is 1. The molecular weight excluding hydrogens is 348 g/mol. The van der Waals surface area contributed by atoms with Gasteiger partial charge in [-0.1, -0.05) is 29.8 Å². The summed E-state index contributed by atoms with van der Waals surface area (Å²) in [7, 11) is 1.56. The second-order valence-electron chi connectivity index (χ2n) is 6.92. The number of benzene rings is 1. The predicted molar refractivity (Wildman–Crippen MR) is 104 cm³/mol. The minimum absolute atomic E-state index is 0.0566. The first-order valence-corrected chi connectivity index (χ1v) is 9.42. The van der Waals surface area contributed by atoms with E-state index in [0.29, 0.717) is 6.54 Å².